The first-order valence-corrected chi connectivity index (χ1v) is 6.19. The molecule has 1 atom stereocenters. The van der Waals surface area contributed by atoms with Crippen LogP contribution in [0.2, 0.25) is 0 Å². The van der Waals surface area contributed by atoms with Gasteiger partial charge in [-0.2, -0.15) is 0 Å². The largest absolute Gasteiger partial charge is 0.481 e. The average Bonchev–Trinajstić information content (AvgIpc) is 2.89. The van der Waals surface area contributed by atoms with Crippen molar-refractivity contribution in [1.82, 2.24) is 4.57 Å². The summed E-state index contributed by atoms with van der Waals surface area (Å²) in [6.07, 6.45) is 3.87. The van der Waals surface area contributed by atoms with Gasteiger partial charge in [0.25, 0.3) is 0 Å². The fourth-order valence-electron chi connectivity index (χ4n) is 2.11. The number of rotatable bonds is 5. The molecule has 0 saturated carbocycles. The van der Waals surface area contributed by atoms with E-state index in [1.54, 1.807) is 0 Å². The number of hydrogen-bond acceptors (Lipinski definition) is 2. The predicted molar refractivity (Wildman–Crippen MR) is 75.6 cm³/mol. The van der Waals surface area contributed by atoms with E-state index in [0.29, 0.717) is 0 Å². The highest BCUT2D eigenvalue weighted by molar-refractivity contribution is 5.68. The lowest BCUT2D eigenvalue weighted by atomic mass is 10.0. The standard InChI is InChI=1S/C15H18N2O2/c1-16(2)13-7-5-12(6-8-13)14(11-15(18)19)17-9-3-4-10-17/h3-10,14H,11H2,1-2H3,(H,18,19). The van der Waals surface area contributed by atoms with Crippen LogP contribution in [0.4, 0.5) is 5.69 Å². The van der Waals surface area contributed by atoms with Gasteiger partial charge in [-0.25, -0.2) is 0 Å². The number of carbonyl (C=O) groups is 1. The Balaban J connectivity index is 2.30. The van der Waals surface area contributed by atoms with Gasteiger partial charge in [0.05, 0.1) is 12.5 Å². The molecule has 2 rings (SSSR count). The van der Waals surface area contributed by atoms with Crippen molar-refractivity contribution in [3.05, 3.63) is 54.4 Å². The number of hydrogen-bond donors (Lipinski definition) is 1. The molecule has 1 N–H and O–H groups in total. The second kappa shape index (κ2) is 5.61. The van der Waals surface area contributed by atoms with Crippen molar-refractivity contribution in [2.45, 2.75) is 12.5 Å². The highest BCUT2D eigenvalue weighted by atomic mass is 16.4. The molecule has 4 heteroatoms. The van der Waals surface area contributed by atoms with E-state index in [1.165, 1.54) is 0 Å². The maximum atomic E-state index is 11.0. The molecule has 2 aromatic rings. The van der Waals surface area contributed by atoms with Crippen LogP contribution >= 0.6 is 0 Å². The molecule has 1 aromatic heterocycles. The third kappa shape index (κ3) is 3.16. The van der Waals surface area contributed by atoms with Gasteiger partial charge < -0.3 is 14.6 Å². The molecule has 0 spiro atoms. The van der Waals surface area contributed by atoms with Crippen LogP contribution in [0.1, 0.15) is 18.0 Å². The second-order valence-corrected chi connectivity index (χ2v) is 4.73. The van der Waals surface area contributed by atoms with Gasteiger partial charge in [-0.15, -0.1) is 0 Å². The van der Waals surface area contributed by atoms with Crippen LogP contribution in [-0.2, 0) is 4.79 Å². The summed E-state index contributed by atoms with van der Waals surface area (Å²) in [5.41, 5.74) is 2.11. The molecular weight excluding hydrogens is 240 g/mol. The van der Waals surface area contributed by atoms with Gasteiger partial charge in [0.2, 0.25) is 0 Å². The summed E-state index contributed by atoms with van der Waals surface area (Å²) in [5.74, 6) is -0.796. The van der Waals surface area contributed by atoms with Crippen LogP contribution in [-0.4, -0.2) is 29.7 Å². The Morgan fingerprint density at radius 1 is 1.21 bits per heavy atom. The molecule has 4 nitrogen and oxygen atoms in total. The molecule has 0 saturated heterocycles. The smallest absolute Gasteiger partial charge is 0.305 e. The van der Waals surface area contributed by atoms with E-state index >= 15 is 0 Å². The molecule has 0 aliphatic carbocycles. The van der Waals surface area contributed by atoms with Crippen molar-refractivity contribution in [3.8, 4) is 0 Å². The van der Waals surface area contributed by atoms with Crippen LogP contribution in [0.15, 0.2) is 48.8 Å². The lowest BCUT2D eigenvalue weighted by Gasteiger charge is -2.19. The van der Waals surface area contributed by atoms with E-state index in [0.717, 1.165) is 11.3 Å². The number of anilines is 1. The van der Waals surface area contributed by atoms with E-state index in [2.05, 4.69) is 0 Å². The summed E-state index contributed by atoms with van der Waals surface area (Å²) < 4.78 is 1.93. The summed E-state index contributed by atoms with van der Waals surface area (Å²) >= 11 is 0. The minimum atomic E-state index is -0.796. The molecular formula is C15H18N2O2. The summed E-state index contributed by atoms with van der Waals surface area (Å²) in [5, 5.41) is 9.07. The zero-order chi connectivity index (χ0) is 13.8. The number of nitrogens with zero attached hydrogens (tertiary/aromatic N) is 2. The molecule has 100 valence electrons. The first kappa shape index (κ1) is 13.2. The van der Waals surface area contributed by atoms with Gasteiger partial charge in [0.1, 0.15) is 0 Å². The monoisotopic (exact) mass is 258 g/mol. The Morgan fingerprint density at radius 2 is 1.79 bits per heavy atom. The third-order valence-electron chi connectivity index (χ3n) is 3.15. The van der Waals surface area contributed by atoms with Crippen molar-refractivity contribution in [1.29, 1.82) is 0 Å². The van der Waals surface area contributed by atoms with E-state index in [4.69, 9.17) is 5.11 Å². The Kier molecular flexibility index (Phi) is 3.90. The SMILES string of the molecule is CN(C)c1ccc(C(CC(=O)O)n2cccc2)cc1. The van der Waals surface area contributed by atoms with Crippen LogP contribution in [0.25, 0.3) is 0 Å². The summed E-state index contributed by atoms with van der Waals surface area (Å²) in [6, 6.07) is 11.6. The molecule has 0 fully saturated rings. The highest BCUT2D eigenvalue weighted by Gasteiger charge is 2.16. The number of carboxylic acid groups (broad SMARTS) is 1. The van der Waals surface area contributed by atoms with Crippen molar-refractivity contribution < 1.29 is 9.90 Å². The van der Waals surface area contributed by atoms with Crippen molar-refractivity contribution in [2.24, 2.45) is 0 Å². The van der Waals surface area contributed by atoms with Gasteiger partial charge in [-0.3, -0.25) is 4.79 Å². The molecule has 0 amide bonds. The molecule has 1 aromatic carbocycles. The average molecular weight is 258 g/mol. The summed E-state index contributed by atoms with van der Waals surface area (Å²) in [4.78, 5) is 13.1. The lowest BCUT2D eigenvalue weighted by Crippen LogP contribution is -2.14. The normalized spacial score (nSPS) is 12.1. The van der Waals surface area contributed by atoms with Gasteiger partial charge in [0.15, 0.2) is 0 Å². The molecule has 0 aliphatic heterocycles. The van der Waals surface area contributed by atoms with Crippen LogP contribution in [0.5, 0.6) is 0 Å². The van der Waals surface area contributed by atoms with Crippen LogP contribution < -0.4 is 4.90 Å². The molecule has 19 heavy (non-hydrogen) atoms. The molecule has 0 aliphatic rings. The van der Waals surface area contributed by atoms with E-state index in [1.807, 2.05) is 72.4 Å². The molecule has 1 unspecified atom stereocenters. The minimum Gasteiger partial charge on any atom is -0.481 e. The number of carboxylic acids is 1. The topological polar surface area (TPSA) is 45.5 Å². The first-order valence-electron chi connectivity index (χ1n) is 6.19. The molecule has 0 bridgehead atoms. The molecule has 1 heterocycles. The number of aliphatic carboxylic acids is 1. The van der Waals surface area contributed by atoms with Crippen molar-refractivity contribution >= 4 is 11.7 Å². The number of aromatic nitrogens is 1. The van der Waals surface area contributed by atoms with Gasteiger partial charge in [0, 0.05) is 32.2 Å². The maximum Gasteiger partial charge on any atom is 0.305 e. The Hall–Kier alpha value is -2.23. The van der Waals surface area contributed by atoms with Gasteiger partial charge in [-0.05, 0) is 29.8 Å². The zero-order valence-electron chi connectivity index (χ0n) is 11.2. The van der Waals surface area contributed by atoms with E-state index in [-0.39, 0.29) is 12.5 Å². The van der Waals surface area contributed by atoms with Crippen molar-refractivity contribution in [2.75, 3.05) is 19.0 Å². The fourth-order valence-corrected chi connectivity index (χ4v) is 2.11. The van der Waals surface area contributed by atoms with Crippen LogP contribution in [0.3, 0.4) is 0 Å². The second-order valence-electron chi connectivity index (χ2n) is 4.73. The Morgan fingerprint density at radius 3 is 2.26 bits per heavy atom. The Labute approximate surface area is 112 Å². The Bertz CT molecular complexity index is 530. The quantitative estimate of drug-likeness (QED) is 0.896. The minimum absolute atomic E-state index is 0.0794. The van der Waals surface area contributed by atoms with Gasteiger partial charge >= 0.3 is 5.97 Å². The third-order valence-corrected chi connectivity index (χ3v) is 3.15. The first-order chi connectivity index (χ1) is 9.08. The molecule has 0 radical (unpaired) electrons. The summed E-state index contributed by atoms with van der Waals surface area (Å²) in [7, 11) is 3.96. The van der Waals surface area contributed by atoms with Crippen LogP contribution in [0, 0.1) is 0 Å². The number of benzene rings is 1. The van der Waals surface area contributed by atoms with Crippen molar-refractivity contribution in [3.63, 3.8) is 0 Å². The lowest BCUT2D eigenvalue weighted by molar-refractivity contribution is -0.137. The maximum absolute atomic E-state index is 11.0. The highest BCUT2D eigenvalue weighted by Crippen LogP contribution is 2.24. The summed E-state index contributed by atoms with van der Waals surface area (Å²) in [6.45, 7) is 0. The predicted octanol–water partition coefficient (Wildman–Crippen LogP) is 2.62. The fraction of sp³-hybridized carbons (Fsp3) is 0.267. The van der Waals surface area contributed by atoms with Gasteiger partial charge in [-0.1, -0.05) is 12.1 Å². The van der Waals surface area contributed by atoms with E-state index in [9.17, 15) is 4.79 Å². The zero-order valence-corrected chi connectivity index (χ0v) is 11.2. The van der Waals surface area contributed by atoms with E-state index < -0.39 is 5.97 Å².